The van der Waals surface area contributed by atoms with Gasteiger partial charge in [-0.2, -0.15) is 0 Å². The number of rotatable bonds is 5. The summed E-state index contributed by atoms with van der Waals surface area (Å²) >= 11 is 0. The number of piperidine rings is 2. The molecule has 4 N–H and O–H groups in total. The van der Waals surface area contributed by atoms with Crippen molar-refractivity contribution in [2.24, 2.45) is 5.73 Å². The maximum Gasteiger partial charge on any atom is 0.262 e. The van der Waals surface area contributed by atoms with Crippen molar-refractivity contribution in [1.29, 1.82) is 0 Å². The zero-order chi connectivity index (χ0) is 21.5. The molecule has 2 atom stereocenters. The average Bonchev–Trinajstić information content (AvgIpc) is 2.92. The van der Waals surface area contributed by atoms with Crippen LogP contribution in [0, 0.1) is 0 Å². The number of nitrogens with one attached hydrogen (secondary N) is 1. The molecule has 3 aliphatic heterocycles. The lowest BCUT2D eigenvalue weighted by Gasteiger charge is -2.39. The molecule has 0 aromatic heterocycles. The van der Waals surface area contributed by atoms with Gasteiger partial charge in [0.25, 0.3) is 11.8 Å². The first-order chi connectivity index (χ1) is 14.3. The van der Waals surface area contributed by atoms with Crippen LogP contribution in [0.15, 0.2) is 18.2 Å². The molecule has 1 aromatic rings. The Balaban J connectivity index is 1.51. The summed E-state index contributed by atoms with van der Waals surface area (Å²) in [4.78, 5) is 52.4. The van der Waals surface area contributed by atoms with Crippen LogP contribution in [0.3, 0.4) is 0 Å². The number of hydrogen-bond acceptors (Lipinski definition) is 7. The largest absolute Gasteiger partial charge is 0.389 e. The molecule has 4 rings (SSSR count). The molecule has 160 valence electrons. The molecule has 1 aromatic carbocycles. The van der Waals surface area contributed by atoms with Crippen LogP contribution in [-0.2, 0) is 16.1 Å². The molecule has 3 aliphatic rings. The second-order valence-electron chi connectivity index (χ2n) is 8.40. The van der Waals surface area contributed by atoms with Crippen LogP contribution in [0.1, 0.15) is 58.4 Å². The van der Waals surface area contributed by atoms with Gasteiger partial charge in [-0.05, 0) is 56.5 Å². The van der Waals surface area contributed by atoms with Gasteiger partial charge >= 0.3 is 0 Å². The second-order valence-corrected chi connectivity index (χ2v) is 8.40. The molecular weight excluding hydrogens is 388 g/mol. The van der Waals surface area contributed by atoms with E-state index in [2.05, 4.69) is 10.2 Å². The van der Waals surface area contributed by atoms with Crippen LogP contribution in [0.25, 0.3) is 0 Å². The van der Waals surface area contributed by atoms with E-state index in [0.29, 0.717) is 26.1 Å². The van der Waals surface area contributed by atoms with Gasteiger partial charge in [0.2, 0.25) is 11.8 Å². The van der Waals surface area contributed by atoms with Crippen molar-refractivity contribution >= 4 is 23.6 Å². The molecule has 0 spiro atoms. The van der Waals surface area contributed by atoms with Crippen molar-refractivity contribution in [2.45, 2.75) is 50.3 Å². The Labute approximate surface area is 174 Å². The Morgan fingerprint density at radius 1 is 1.17 bits per heavy atom. The lowest BCUT2D eigenvalue weighted by molar-refractivity contribution is -0.136. The minimum atomic E-state index is -0.966. The predicted molar refractivity (Wildman–Crippen MR) is 106 cm³/mol. The number of likely N-dealkylation sites (tertiary alicyclic amines) is 1. The topological polar surface area (TPSA) is 133 Å². The molecule has 3 heterocycles. The van der Waals surface area contributed by atoms with Crippen LogP contribution in [0.5, 0.6) is 0 Å². The first-order valence-corrected chi connectivity index (χ1v) is 10.3. The Hall–Kier alpha value is -2.62. The number of imide groups is 2. The van der Waals surface area contributed by atoms with E-state index >= 15 is 0 Å². The zero-order valence-electron chi connectivity index (χ0n) is 16.7. The summed E-state index contributed by atoms with van der Waals surface area (Å²) in [7, 11) is 0. The molecule has 0 bridgehead atoms. The van der Waals surface area contributed by atoms with E-state index in [1.165, 1.54) is 0 Å². The summed E-state index contributed by atoms with van der Waals surface area (Å²) in [5, 5.41) is 12.9. The number of aliphatic hydroxyl groups is 1. The first-order valence-electron chi connectivity index (χ1n) is 10.3. The number of nitrogens with two attached hydrogens (primary N) is 1. The van der Waals surface area contributed by atoms with Crippen molar-refractivity contribution < 1.29 is 24.3 Å². The zero-order valence-corrected chi connectivity index (χ0v) is 16.7. The maximum atomic E-state index is 12.9. The third-order valence-electron chi connectivity index (χ3n) is 6.15. The molecule has 2 unspecified atom stereocenters. The fourth-order valence-electron chi connectivity index (χ4n) is 4.69. The second kappa shape index (κ2) is 7.90. The van der Waals surface area contributed by atoms with Crippen molar-refractivity contribution in [3.63, 3.8) is 0 Å². The summed E-state index contributed by atoms with van der Waals surface area (Å²) < 4.78 is 0. The fourth-order valence-corrected chi connectivity index (χ4v) is 4.69. The fraction of sp³-hybridized carbons (Fsp3) is 0.524. The monoisotopic (exact) mass is 414 g/mol. The van der Waals surface area contributed by atoms with E-state index in [1.54, 1.807) is 18.2 Å². The molecule has 0 saturated carbocycles. The van der Waals surface area contributed by atoms with Gasteiger partial charge in [0.05, 0.1) is 16.7 Å². The lowest BCUT2D eigenvalue weighted by Crippen LogP contribution is -2.54. The maximum absolute atomic E-state index is 12.9. The smallest absolute Gasteiger partial charge is 0.262 e. The molecule has 2 saturated heterocycles. The van der Waals surface area contributed by atoms with Gasteiger partial charge in [-0.3, -0.25) is 34.3 Å². The number of nitrogens with zero attached hydrogens (tertiary/aromatic N) is 2. The Morgan fingerprint density at radius 2 is 1.93 bits per heavy atom. The molecule has 2 fully saturated rings. The minimum absolute atomic E-state index is 0.0930. The lowest BCUT2D eigenvalue weighted by atomic mass is 9.89. The Bertz CT molecular complexity index is 913. The summed E-state index contributed by atoms with van der Waals surface area (Å²) in [5.74, 6) is -2.03. The van der Waals surface area contributed by atoms with Crippen molar-refractivity contribution in [3.8, 4) is 0 Å². The highest BCUT2D eigenvalue weighted by Crippen LogP contribution is 2.30. The normalized spacial score (nSPS) is 27.4. The molecule has 9 heteroatoms. The van der Waals surface area contributed by atoms with Gasteiger partial charge in [-0.1, -0.05) is 6.07 Å². The molecule has 30 heavy (non-hydrogen) atoms. The molecule has 9 nitrogen and oxygen atoms in total. The van der Waals surface area contributed by atoms with E-state index in [0.717, 1.165) is 29.8 Å². The molecular formula is C21H26N4O5. The Kier molecular flexibility index (Phi) is 5.44. The highest BCUT2D eigenvalue weighted by Gasteiger charge is 2.44. The third kappa shape index (κ3) is 3.76. The minimum Gasteiger partial charge on any atom is -0.389 e. The van der Waals surface area contributed by atoms with Crippen LogP contribution < -0.4 is 11.1 Å². The number of fused-ring (bicyclic) bond motifs is 1. The molecule has 0 aliphatic carbocycles. The van der Waals surface area contributed by atoms with Gasteiger partial charge in [-0.15, -0.1) is 0 Å². The van der Waals surface area contributed by atoms with Gasteiger partial charge in [-0.25, -0.2) is 0 Å². The van der Waals surface area contributed by atoms with Crippen LogP contribution in [-0.4, -0.2) is 69.8 Å². The van der Waals surface area contributed by atoms with Gasteiger partial charge in [0, 0.05) is 19.5 Å². The number of β-amino-alcohol motifs (C(OH)–C–C–N with tert-alkyl or cyclic N) is 1. The highest BCUT2D eigenvalue weighted by atomic mass is 16.3. The van der Waals surface area contributed by atoms with E-state index in [4.69, 9.17) is 5.73 Å². The Morgan fingerprint density at radius 3 is 2.67 bits per heavy atom. The summed E-state index contributed by atoms with van der Waals surface area (Å²) in [6, 6.07) is 4.14. The van der Waals surface area contributed by atoms with Crippen molar-refractivity contribution in [1.82, 2.24) is 15.1 Å². The van der Waals surface area contributed by atoms with Crippen LogP contribution in [0.2, 0.25) is 0 Å². The standard InChI is InChI=1S/C21H26N4O5/c22-8-7-21(30)6-1-9-24(12-21)11-13-2-3-14-15(10-13)20(29)25(19(14)28)16-4-5-17(26)23-18(16)27/h2-3,10,16,30H,1,4-9,11-12,22H2,(H,23,26,27). The molecule has 0 radical (unpaired) electrons. The summed E-state index contributed by atoms with van der Waals surface area (Å²) in [5.41, 5.74) is 6.23. The number of carbonyl (C=O) groups is 4. The SMILES string of the molecule is NCCC1(O)CCCN(Cc2ccc3c(c2)C(=O)N(C2CCC(=O)NC2=O)C3=O)C1. The average molecular weight is 414 g/mol. The van der Waals surface area contributed by atoms with E-state index in [9.17, 15) is 24.3 Å². The molecule has 4 amide bonds. The van der Waals surface area contributed by atoms with E-state index in [-0.39, 0.29) is 24.0 Å². The summed E-state index contributed by atoms with van der Waals surface area (Å²) in [6.45, 7) is 2.31. The van der Waals surface area contributed by atoms with Gasteiger partial charge < -0.3 is 10.8 Å². The van der Waals surface area contributed by atoms with Crippen molar-refractivity contribution in [2.75, 3.05) is 19.6 Å². The number of carbonyl (C=O) groups excluding carboxylic acids is 4. The predicted octanol–water partition coefficient (Wildman–Crippen LogP) is -0.236. The first kappa shape index (κ1) is 20.6. The number of amides is 4. The van der Waals surface area contributed by atoms with Crippen LogP contribution in [0.4, 0.5) is 0 Å². The van der Waals surface area contributed by atoms with Crippen LogP contribution >= 0.6 is 0 Å². The van der Waals surface area contributed by atoms with Gasteiger partial charge in [0.1, 0.15) is 6.04 Å². The van der Waals surface area contributed by atoms with E-state index in [1.807, 2.05) is 0 Å². The third-order valence-corrected chi connectivity index (χ3v) is 6.15. The number of hydrogen-bond donors (Lipinski definition) is 3. The highest BCUT2D eigenvalue weighted by molar-refractivity contribution is 6.23. The van der Waals surface area contributed by atoms with Gasteiger partial charge in [0.15, 0.2) is 0 Å². The quantitative estimate of drug-likeness (QED) is 0.567. The number of benzene rings is 1. The summed E-state index contributed by atoms with van der Waals surface area (Å²) in [6.07, 6.45) is 2.36. The van der Waals surface area contributed by atoms with Crippen molar-refractivity contribution in [3.05, 3.63) is 34.9 Å². The van der Waals surface area contributed by atoms with E-state index < -0.39 is 35.3 Å².